The maximum Gasteiger partial charge on any atom is 0.347 e. The van der Waals surface area contributed by atoms with Gasteiger partial charge in [0.25, 0.3) is 0 Å². The summed E-state index contributed by atoms with van der Waals surface area (Å²) in [6, 6.07) is 18.0. The molecule has 1 saturated heterocycles. The SMILES string of the molecule is O=C(C1CC1)N1CCC(c2n[nH]c(=O)n2-c2ccc(-c3ccc(-n4cccn4)cc3)cc2)C1. The molecule has 0 bridgehead atoms. The van der Waals surface area contributed by atoms with Crippen LogP contribution in [0.25, 0.3) is 22.5 Å². The van der Waals surface area contributed by atoms with E-state index in [1.54, 1.807) is 10.8 Å². The van der Waals surface area contributed by atoms with Crippen molar-refractivity contribution in [3.05, 3.63) is 83.3 Å². The topological polar surface area (TPSA) is 88.8 Å². The standard InChI is InChI=1S/C25H24N6O2/c32-24(19-2-3-19)29-15-12-20(16-29)23-27-28-25(33)31(23)22-10-6-18(7-11-22)17-4-8-21(9-5-17)30-14-1-13-26-30/h1,4-11,13-14,19-20H,2-3,12,15-16H2,(H,28,33). The zero-order valence-corrected chi connectivity index (χ0v) is 18.1. The van der Waals surface area contributed by atoms with Gasteiger partial charge in [-0.15, -0.1) is 0 Å². The molecule has 6 rings (SSSR count). The molecule has 166 valence electrons. The Morgan fingerprint density at radius 3 is 2.27 bits per heavy atom. The van der Waals surface area contributed by atoms with Crippen LogP contribution in [0.5, 0.6) is 0 Å². The molecule has 4 aromatic rings. The average Bonchev–Trinajstić information content (AvgIpc) is 3.22. The molecule has 0 spiro atoms. The van der Waals surface area contributed by atoms with E-state index in [4.69, 9.17) is 0 Å². The first-order valence-corrected chi connectivity index (χ1v) is 11.3. The van der Waals surface area contributed by atoms with Crippen molar-refractivity contribution in [2.24, 2.45) is 5.92 Å². The van der Waals surface area contributed by atoms with Gasteiger partial charge in [0.05, 0.1) is 11.4 Å². The van der Waals surface area contributed by atoms with Crippen LogP contribution < -0.4 is 5.69 Å². The third kappa shape index (κ3) is 3.67. The fourth-order valence-corrected chi connectivity index (χ4v) is 4.62. The van der Waals surface area contributed by atoms with E-state index in [-0.39, 0.29) is 23.4 Å². The first-order valence-electron chi connectivity index (χ1n) is 11.3. The van der Waals surface area contributed by atoms with Crippen molar-refractivity contribution in [3.8, 4) is 22.5 Å². The number of H-pyrrole nitrogens is 1. The van der Waals surface area contributed by atoms with Crippen LogP contribution in [0.2, 0.25) is 0 Å². The van der Waals surface area contributed by atoms with Gasteiger partial charge in [-0.25, -0.2) is 19.1 Å². The van der Waals surface area contributed by atoms with Crippen molar-refractivity contribution in [3.63, 3.8) is 0 Å². The molecule has 8 heteroatoms. The Kier molecular flexibility index (Phi) is 4.71. The van der Waals surface area contributed by atoms with Gasteiger partial charge in [-0.2, -0.15) is 10.2 Å². The first kappa shape index (κ1) is 19.7. The second kappa shape index (κ2) is 7.88. The summed E-state index contributed by atoms with van der Waals surface area (Å²) in [5, 5.41) is 11.2. The van der Waals surface area contributed by atoms with E-state index >= 15 is 0 Å². The Bertz CT molecular complexity index is 1330. The monoisotopic (exact) mass is 440 g/mol. The predicted molar refractivity (Wildman–Crippen MR) is 123 cm³/mol. The molecule has 1 aliphatic carbocycles. The number of nitrogens with zero attached hydrogens (tertiary/aromatic N) is 5. The van der Waals surface area contributed by atoms with Gasteiger partial charge in [0, 0.05) is 37.3 Å². The van der Waals surface area contributed by atoms with E-state index in [1.807, 2.05) is 58.2 Å². The number of rotatable bonds is 5. The summed E-state index contributed by atoms with van der Waals surface area (Å²) in [6.07, 6.45) is 6.50. The number of aromatic amines is 1. The number of hydrogen-bond acceptors (Lipinski definition) is 4. The molecule has 1 unspecified atom stereocenters. The summed E-state index contributed by atoms with van der Waals surface area (Å²) in [5.41, 5.74) is 3.66. The summed E-state index contributed by atoms with van der Waals surface area (Å²) in [7, 11) is 0. The van der Waals surface area contributed by atoms with Gasteiger partial charge < -0.3 is 4.90 Å². The Morgan fingerprint density at radius 1 is 0.939 bits per heavy atom. The van der Waals surface area contributed by atoms with E-state index in [0.29, 0.717) is 12.4 Å². The molecule has 1 amide bonds. The van der Waals surface area contributed by atoms with Gasteiger partial charge in [0.1, 0.15) is 5.82 Å². The van der Waals surface area contributed by atoms with Crippen LogP contribution in [0.15, 0.2) is 71.8 Å². The highest BCUT2D eigenvalue weighted by molar-refractivity contribution is 5.81. The summed E-state index contributed by atoms with van der Waals surface area (Å²) in [4.78, 5) is 27.0. The van der Waals surface area contributed by atoms with Crippen molar-refractivity contribution in [2.75, 3.05) is 13.1 Å². The number of carbonyl (C=O) groups excluding carboxylic acids is 1. The molecule has 1 N–H and O–H groups in total. The minimum atomic E-state index is -0.256. The highest BCUT2D eigenvalue weighted by Crippen LogP contribution is 2.35. The molecule has 2 aliphatic rings. The number of nitrogens with one attached hydrogen (secondary N) is 1. The summed E-state index contributed by atoms with van der Waals surface area (Å²) in [6.45, 7) is 1.36. The molecule has 1 saturated carbocycles. The number of amides is 1. The lowest BCUT2D eigenvalue weighted by atomic mass is 10.0. The van der Waals surface area contributed by atoms with Crippen molar-refractivity contribution in [1.29, 1.82) is 0 Å². The van der Waals surface area contributed by atoms with Crippen LogP contribution in [0.1, 0.15) is 31.0 Å². The second-order valence-electron chi connectivity index (χ2n) is 8.81. The maximum atomic E-state index is 12.6. The van der Waals surface area contributed by atoms with E-state index < -0.39 is 0 Å². The van der Waals surface area contributed by atoms with Crippen LogP contribution in [0.3, 0.4) is 0 Å². The summed E-state index contributed by atoms with van der Waals surface area (Å²) in [5.74, 6) is 1.22. The zero-order valence-electron chi connectivity index (χ0n) is 18.1. The molecule has 2 fully saturated rings. The quantitative estimate of drug-likeness (QED) is 0.516. The molecule has 1 atom stereocenters. The Labute approximate surface area is 190 Å². The Hall–Kier alpha value is -3.94. The molecular weight excluding hydrogens is 416 g/mol. The molecule has 1 aliphatic heterocycles. The van der Waals surface area contributed by atoms with Crippen LogP contribution in [0, 0.1) is 5.92 Å². The molecule has 8 nitrogen and oxygen atoms in total. The lowest BCUT2D eigenvalue weighted by molar-refractivity contribution is -0.131. The lowest BCUT2D eigenvalue weighted by Gasteiger charge is -2.16. The van der Waals surface area contributed by atoms with E-state index in [0.717, 1.165) is 48.3 Å². The molecule has 2 aromatic heterocycles. The van der Waals surface area contributed by atoms with Crippen molar-refractivity contribution in [2.45, 2.75) is 25.2 Å². The highest BCUT2D eigenvalue weighted by Gasteiger charge is 2.38. The number of benzene rings is 2. The van der Waals surface area contributed by atoms with Gasteiger partial charge in [-0.3, -0.25) is 4.79 Å². The average molecular weight is 441 g/mol. The highest BCUT2D eigenvalue weighted by atomic mass is 16.2. The fourth-order valence-electron chi connectivity index (χ4n) is 4.62. The molecule has 0 radical (unpaired) electrons. The Balaban J connectivity index is 1.23. The van der Waals surface area contributed by atoms with Gasteiger partial charge in [0.2, 0.25) is 5.91 Å². The van der Waals surface area contributed by atoms with E-state index in [2.05, 4.69) is 27.4 Å². The third-order valence-corrected chi connectivity index (χ3v) is 6.59. The summed E-state index contributed by atoms with van der Waals surface area (Å²) >= 11 is 0. The Morgan fingerprint density at radius 2 is 1.64 bits per heavy atom. The molecule has 2 aromatic carbocycles. The maximum absolute atomic E-state index is 12.6. The smallest absolute Gasteiger partial charge is 0.342 e. The summed E-state index contributed by atoms with van der Waals surface area (Å²) < 4.78 is 3.46. The van der Waals surface area contributed by atoms with Gasteiger partial charge in [-0.1, -0.05) is 24.3 Å². The van der Waals surface area contributed by atoms with Crippen molar-refractivity contribution >= 4 is 5.91 Å². The van der Waals surface area contributed by atoms with Crippen LogP contribution >= 0.6 is 0 Å². The number of carbonyl (C=O) groups is 1. The van der Waals surface area contributed by atoms with Gasteiger partial charge >= 0.3 is 5.69 Å². The minimum absolute atomic E-state index is 0.0566. The largest absolute Gasteiger partial charge is 0.347 e. The number of likely N-dealkylation sites (tertiary alicyclic amines) is 1. The second-order valence-corrected chi connectivity index (χ2v) is 8.81. The molecular formula is C25H24N6O2. The molecule has 33 heavy (non-hydrogen) atoms. The lowest BCUT2D eigenvalue weighted by Crippen LogP contribution is -2.30. The van der Waals surface area contributed by atoms with E-state index in [1.165, 1.54) is 0 Å². The first-order chi connectivity index (χ1) is 16.2. The van der Waals surface area contributed by atoms with Crippen LogP contribution in [-0.4, -0.2) is 48.4 Å². The van der Waals surface area contributed by atoms with Crippen molar-refractivity contribution in [1.82, 2.24) is 29.4 Å². The third-order valence-electron chi connectivity index (χ3n) is 6.59. The normalized spacial score (nSPS) is 18.1. The number of aromatic nitrogens is 5. The van der Waals surface area contributed by atoms with Crippen molar-refractivity contribution < 1.29 is 4.79 Å². The van der Waals surface area contributed by atoms with Crippen LogP contribution in [0.4, 0.5) is 0 Å². The zero-order chi connectivity index (χ0) is 22.4. The molecule has 3 heterocycles. The van der Waals surface area contributed by atoms with Crippen LogP contribution in [-0.2, 0) is 4.79 Å². The van der Waals surface area contributed by atoms with E-state index in [9.17, 15) is 9.59 Å². The minimum Gasteiger partial charge on any atom is -0.342 e. The van der Waals surface area contributed by atoms with Gasteiger partial charge in [0.15, 0.2) is 0 Å². The predicted octanol–water partition coefficient (Wildman–Crippen LogP) is 3.14. The fraction of sp³-hybridized carbons (Fsp3) is 0.280. The number of hydrogen-bond donors (Lipinski definition) is 1. The van der Waals surface area contributed by atoms with Gasteiger partial charge in [-0.05, 0) is 60.7 Å².